The van der Waals surface area contributed by atoms with Gasteiger partial charge in [-0.3, -0.25) is 9.97 Å². The molecule has 7 nitrogen and oxygen atoms in total. The predicted octanol–water partition coefficient (Wildman–Crippen LogP) is 4.33. The molecule has 7 heteroatoms. The van der Waals surface area contributed by atoms with E-state index in [-0.39, 0.29) is 0 Å². The molecule has 0 aliphatic heterocycles. The number of anilines is 1. The van der Waals surface area contributed by atoms with Crippen LogP contribution in [0, 0.1) is 0 Å². The molecule has 0 unspecified atom stereocenters. The second-order valence-electron chi connectivity index (χ2n) is 7.49. The highest BCUT2D eigenvalue weighted by Gasteiger charge is 2.22. The van der Waals surface area contributed by atoms with Gasteiger partial charge in [0.15, 0.2) is 0 Å². The first-order valence-corrected chi connectivity index (χ1v) is 10.2. The monoisotopic (exact) mass is 388 g/mol. The summed E-state index contributed by atoms with van der Waals surface area (Å²) in [6.45, 7) is 2.85. The van der Waals surface area contributed by atoms with Crippen LogP contribution in [-0.4, -0.2) is 43.7 Å². The second-order valence-corrected chi connectivity index (χ2v) is 7.49. The Kier molecular flexibility index (Phi) is 4.81. The van der Waals surface area contributed by atoms with Crippen LogP contribution >= 0.6 is 0 Å². The van der Waals surface area contributed by atoms with E-state index in [9.17, 15) is 0 Å². The number of benzene rings is 1. The largest absolute Gasteiger partial charge is 0.379 e. The van der Waals surface area contributed by atoms with E-state index in [1.54, 1.807) is 12.4 Å². The van der Waals surface area contributed by atoms with Gasteiger partial charge >= 0.3 is 0 Å². The number of rotatable bonds is 5. The Morgan fingerprint density at radius 3 is 2.72 bits per heavy atom. The molecule has 148 valence electrons. The van der Waals surface area contributed by atoms with Gasteiger partial charge in [-0.05, 0) is 50.3 Å². The van der Waals surface area contributed by atoms with Crippen molar-refractivity contribution in [1.82, 2.24) is 24.9 Å². The summed E-state index contributed by atoms with van der Waals surface area (Å²) in [6, 6.07) is 6.50. The third kappa shape index (κ3) is 3.65. The lowest BCUT2D eigenvalue weighted by molar-refractivity contribution is 0.0346. The SMILES string of the molecule is CCOC1CCC(Nc2ncc3c(-c4ccc5nccnc5c4)c[nH]c3n2)CC1. The zero-order valence-electron chi connectivity index (χ0n) is 16.4. The van der Waals surface area contributed by atoms with Crippen LogP contribution in [0.2, 0.25) is 0 Å². The van der Waals surface area contributed by atoms with Crippen molar-refractivity contribution in [2.45, 2.75) is 44.8 Å². The highest BCUT2D eigenvalue weighted by molar-refractivity contribution is 5.95. The molecule has 1 saturated carbocycles. The Balaban J connectivity index is 1.36. The van der Waals surface area contributed by atoms with Crippen LogP contribution in [-0.2, 0) is 4.74 Å². The van der Waals surface area contributed by atoms with Gasteiger partial charge in [0, 0.05) is 48.4 Å². The molecular weight excluding hydrogens is 364 g/mol. The summed E-state index contributed by atoms with van der Waals surface area (Å²) in [5.41, 5.74) is 4.73. The summed E-state index contributed by atoms with van der Waals surface area (Å²) in [5.74, 6) is 0.676. The molecular formula is C22H24N6O. The summed E-state index contributed by atoms with van der Waals surface area (Å²) in [6.07, 6.45) is 12.0. The molecule has 1 aliphatic rings. The van der Waals surface area contributed by atoms with Gasteiger partial charge in [0.1, 0.15) is 5.65 Å². The number of hydrogen-bond acceptors (Lipinski definition) is 6. The maximum Gasteiger partial charge on any atom is 0.224 e. The van der Waals surface area contributed by atoms with Crippen LogP contribution in [0.15, 0.2) is 43.0 Å². The van der Waals surface area contributed by atoms with E-state index in [1.165, 1.54) is 0 Å². The van der Waals surface area contributed by atoms with Crippen molar-refractivity contribution in [3.8, 4) is 11.1 Å². The summed E-state index contributed by atoms with van der Waals surface area (Å²) in [7, 11) is 0. The quantitative estimate of drug-likeness (QED) is 0.529. The minimum absolute atomic E-state index is 0.401. The fourth-order valence-electron chi connectivity index (χ4n) is 4.14. The molecule has 0 atom stereocenters. The van der Waals surface area contributed by atoms with Crippen molar-refractivity contribution in [1.29, 1.82) is 0 Å². The van der Waals surface area contributed by atoms with Crippen molar-refractivity contribution in [2.24, 2.45) is 0 Å². The molecule has 29 heavy (non-hydrogen) atoms. The molecule has 3 heterocycles. The van der Waals surface area contributed by atoms with E-state index in [0.717, 1.165) is 65.5 Å². The lowest BCUT2D eigenvalue weighted by atomic mass is 9.93. The Hall–Kier alpha value is -3.06. The van der Waals surface area contributed by atoms with E-state index in [1.807, 2.05) is 24.5 Å². The number of aromatic amines is 1. The molecule has 3 aromatic heterocycles. The molecule has 0 radical (unpaired) electrons. The van der Waals surface area contributed by atoms with Crippen LogP contribution < -0.4 is 5.32 Å². The molecule has 1 aliphatic carbocycles. The molecule has 0 saturated heterocycles. The first-order valence-electron chi connectivity index (χ1n) is 10.2. The van der Waals surface area contributed by atoms with Crippen LogP contribution in [0.25, 0.3) is 33.2 Å². The van der Waals surface area contributed by atoms with Crippen molar-refractivity contribution >= 4 is 28.0 Å². The first kappa shape index (κ1) is 18.0. The van der Waals surface area contributed by atoms with Crippen LogP contribution in [0.5, 0.6) is 0 Å². The average molecular weight is 388 g/mol. The Bertz CT molecular complexity index is 1130. The van der Waals surface area contributed by atoms with E-state index < -0.39 is 0 Å². The molecule has 4 aromatic rings. The van der Waals surface area contributed by atoms with Crippen molar-refractivity contribution < 1.29 is 4.74 Å². The van der Waals surface area contributed by atoms with Crippen molar-refractivity contribution in [3.63, 3.8) is 0 Å². The van der Waals surface area contributed by atoms with E-state index in [0.29, 0.717) is 18.1 Å². The Labute approximate surface area is 169 Å². The molecule has 0 spiro atoms. The second kappa shape index (κ2) is 7.75. The van der Waals surface area contributed by atoms with E-state index >= 15 is 0 Å². The summed E-state index contributed by atoms with van der Waals surface area (Å²) >= 11 is 0. The first-order chi connectivity index (χ1) is 14.3. The number of nitrogens with one attached hydrogen (secondary N) is 2. The average Bonchev–Trinajstić information content (AvgIpc) is 3.18. The standard InChI is InChI=1S/C22H24N6O/c1-2-29-16-6-4-15(5-7-16)27-22-26-13-18-17(12-25-21(18)28-22)14-3-8-19-20(11-14)24-10-9-23-19/h3,8-13,15-16H,2,4-7H2,1H3,(H2,25,26,27,28). The minimum Gasteiger partial charge on any atom is -0.379 e. The van der Waals surface area contributed by atoms with Gasteiger partial charge in [-0.15, -0.1) is 0 Å². The van der Waals surface area contributed by atoms with Crippen molar-refractivity contribution in [2.75, 3.05) is 11.9 Å². The van der Waals surface area contributed by atoms with E-state index in [4.69, 9.17) is 9.72 Å². The van der Waals surface area contributed by atoms with Crippen LogP contribution in [0.1, 0.15) is 32.6 Å². The van der Waals surface area contributed by atoms with Gasteiger partial charge in [-0.1, -0.05) is 6.07 Å². The number of aromatic nitrogens is 5. The highest BCUT2D eigenvalue weighted by atomic mass is 16.5. The number of ether oxygens (including phenoxy) is 1. The molecule has 1 aromatic carbocycles. The van der Waals surface area contributed by atoms with Gasteiger partial charge in [-0.2, -0.15) is 4.98 Å². The number of fused-ring (bicyclic) bond motifs is 2. The molecule has 5 rings (SSSR count). The summed E-state index contributed by atoms with van der Waals surface area (Å²) < 4.78 is 5.74. The minimum atomic E-state index is 0.401. The molecule has 2 N–H and O–H groups in total. The lowest BCUT2D eigenvalue weighted by Crippen LogP contribution is -2.30. The van der Waals surface area contributed by atoms with E-state index in [2.05, 4.69) is 38.2 Å². The molecule has 0 amide bonds. The fourth-order valence-corrected chi connectivity index (χ4v) is 4.14. The van der Waals surface area contributed by atoms with Crippen LogP contribution in [0.3, 0.4) is 0 Å². The van der Waals surface area contributed by atoms with Gasteiger partial charge in [-0.25, -0.2) is 4.98 Å². The third-order valence-electron chi connectivity index (χ3n) is 5.62. The van der Waals surface area contributed by atoms with Crippen LogP contribution in [0.4, 0.5) is 5.95 Å². The summed E-state index contributed by atoms with van der Waals surface area (Å²) in [5, 5.41) is 4.49. The summed E-state index contributed by atoms with van der Waals surface area (Å²) in [4.78, 5) is 21.3. The number of hydrogen-bond donors (Lipinski definition) is 2. The van der Waals surface area contributed by atoms with Gasteiger partial charge < -0.3 is 15.0 Å². The topological polar surface area (TPSA) is 88.6 Å². The molecule has 1 fully saturated rings. The zero-order chi connectivity index (χ0) is 19.6. The fraction of sp³-hybridized carbons (Fsp3) is 0.364. The van der Waals surface area contributed by atoms with Gasteiger partial charge in [0.25, 0.3) is 0 Å². The van der Waals surface area contributed by atoms with Crippen molar-refractivity contribution in [3.05, 3.63) is 43.0 Å². The molecule has 0 bridgehead atoms. The number of H-pyrrole nitrogens is 1. The maximum atomic E-state index is 5.74. The zero-order valence-corrected chi connectivity index (χ0v) is 16.4. The normalized spacial score (nSPS) is 19.6. The number of nitrogens with zero attached hydrogens (tertiary/aromatic N) is 4. The Morgan fingerprint density at radius 2 is 1.90 bits per heavy atom. The van der Waals surface area contributed by atoms with Gasteiger partial charge in [0.05, 0.1) is 17.1 Å². The third-order valence-corrected chi connectivity index (χ3v) is 5.62. The highest BCUT2D eigenvalue weighted by Crippen LogP contribution is 2.30. The Morgan fingerprint density at radius 1 is 1.07 bits per heavy atom. The van der Waals surface area contributed by atoms with Gasteiger partial charge in [0.2, 0.25) is 5.95 Å². The predicted molar refractivity (Wildman–Crippen MR) is 114 cm³/mol. The smallest absolute Gasteiger partial charge is 0.224 e. The maximum absolute atomic E-state index is 5.74. The lowest BCUT2D eigenvalue weighted by Gasteiger charge is -2.28.